The molecule has 2 N–H and O–H groups in total. The molecule has 1 fully saturated rings. The summed E-state index contributed by atoms with van der Waals surface area (Å²) in [4.78, 5) is 19.3. The maximum Gasteiger partial charge on any atom is 0.169 e. The van der Waals surface area contributed by atoms with Gasteiger partial charge in [0.25, 0.3) is 0 Å². The average molecular weight is 454 g/mol. The number of halogens is 1. The van der Waals surface area contributed by atoms with Gasteiger partial charge >= 0.3 is 0 Å². The van der Waals surface area contributed by atoms with Crippen LogP contribution in [0, 0.1) is 5.92 Å². The number of Topliss-reactive ketones (excluding diaryl/α,β-unsaturated/α-hetero) is 1. The lowest BCUT2D eigenvalue weighted by Crippen LogP contribution is -2.19. The summed E-state index contributed by atoms with van der Waals surface area (Å²) in [6, 6.07) is 13.6. The minimum Gasteiger partial charge on any atom is -0.387 e. The van der Waals surface area contributed by atoms with Gasteiger partial charge in [0.2, 0.25) is 0 Å². The molecule has 0 spiro atoms. The van der Waals surface area contributed by atoms with E-state index in [9.17, 15) is 9.90 Å². The van der Waals surface area contributed by atoms with Crippen LogP contribution in [-0.2, 0) is 0 Å². The first-order valence-corrected chi connectivity index (χ1v) is 10.5. The fourth-order valence-electron chi connectivity index (χ4n) is 3.44. The molecule has 29 heavy (non-hydrogen) atoms. The molecule has 2 aromatic carbocycles. The first kappa shape index (κ1) is 20.0. The summed E-state index contributed by atoms with van der Waals surface area (Å²) in [6.07, 6.45) is 3.05. The number of carbonyl (C=O) groups excluding carboxylic acids is 1. The van der Waals surface area contributed by atoms with E-state index in [1.54, 1.807) is 6.20 Å². The number of aliphatic hydroxyl groups excluding tert-OH is 1. The monoisotopic (exact) mass is 453 g/mol. The number of likely N-dealkylation sites (N-methyl/N-ethyl adjacent to an activating group) is 1. The van der Waals surface area contributed by atoms with Gasteiger partial charge in [-0.2, -0.15) is 0 Å². The Morgan fingerprint density at radius 1 is 1.24 bits per heavy atom. The molecule has 1 aliphatic carbocycles. The first-order valence-electron chi connectivity index (χ1n) is 9.74. The molecule has 0 radical (unpaired) electrons. The van der Waals surface area contributed by atoms with E-state index in [4.69, 9.17) is 0 Å². The van der Waals surface area contributed by atoms with Crippen LogP contribution in [0.3, 0.4) is 0 Å². The Labute approximate surface area is 178 Å². The minimum atomic E-state index is -0.538. The van der Waals surface area contributed by atoms with Gasteiger partial charge < -0.3 is 15.3 Å². The Morgan fingerprint density at radius 2 is 1.97 bits per heavy atom. The summed E-state index contributed by atoms with van der Waals surface area (Å²) in [6.45, 7) is 0.565. The summed E-state index contributed by atoms with van der Waals surface area (Å²) in [5.74, 6) is 0.269. The Bertz CT molecular complexity index is 1050. The number of aliphatic hydroxyl groups is 1. The molecule has 1 aliphatic rings. The molecule has 0 aliphatic heterocycles. The van der Waals surface area contributed by atoms with Crippen LogP contribution in [0.25, 0.3) is 10.9 Å². The maximum absolute atomic E-state index is 12.9. The smallest absolute Gasteiger partial charge is 0.169 e. The third-order valence-electron chi connectivity index (χ3n) is 5.15. The normalized spacial score (nSPS) is 14.9. The number of benzene rings is 2. The van der Waals surface area contributed by atoms with Crippen LogP contribution < -0.4 is 5.32 Å². The first-order chi connectivity index (χ1) is 13.9. The maximum atomic E-state index is 12.9. The van der Waals surface area contributed by atoms with Gasteiger partial charge in [-0.3, -0.25) is 9.78 Å². The number of ketones is 1. The van der Waals surface area contributed by atoms with Crippen molar-refractivity contribution in [2.24, 2.45) is 5.92 Å². The SMILES string of the molecule is CN(C)CC(O)c1ccc(Nc2c(C(=O)C3CC3)cnc3ccc(Br)cc23)cc1. The zero-order chi connectivity index (χ0) is 20.5. The quantitative estimate of drug-likeness (QED) is 0.496. The molecule has 4 rings (SSSR count). The van der Waals surface area contributed by atoms with E-state index in [-0.39, 0.29) is 11.7 Å². The van der Waals surface area contributed by atoms with E-state index >= 15 is 0 Å². The topological polar surface area (TPSA) is 65.5 Å². The number of hydrogen-bond acceptors (Lipinski definition) is 5. The van der Waals surface area contributed by atoms with E-state index in [1.807, 2.05) is 61.5 Å². The Morgan fingerprint density at radius 3 is 2.62 bits per heavy atom. The van der Waals surface area contributed by atoms with E-state index in [1.165, 1.54) is 0 Å². The molecule has 1 unspecified atom stereocenters. The van der Waals surface area contributed by atoms with Crippen molar-refractivity contribution in [3.8, 4) is 0 Å². The second-order valence-corrected chi connectivity index (χ2v) is 8.79. The number of aromatic nitrogens is 1. The van der Waals surface area contributed by atoms with Gasteiger partial charge in [0.1, 0.15) is 0 Å². The highest BCUT2D eigenvalue weighted by Gasteiger charge is 2.32. The van der Waals surface area contributed by atoms with Crippen molar-refractivity contribution >= 4 is 44.0 Å². The molecule has 6 heteroatoms. The van der Waals surface area contributed by atoms with Crippen LogP contribution in [0.2, 0.25) is 0 Å². The van der Waals surface area contributed by atoms with E-state index in [0.717, 1.165) is 45.2 Å². The van der Waals surface area contributed by atoms with Gasteiger partial charge in [0.15, 0.2) is 5.78 Å². The molecule has 1 aromatic heterocycles. The predicted molar refractivity (Wildman–Crippen MR) is 120 cm³/mol. The van der Waals surface area contributed by atoms with Gasteiger partial charge in [-0.25, -0.2) is 0 Å². The van der Waals surface area contributed by atoms with E-state index in [0.29, 0.717) is 12.1 Å². The molecule has 1 saturated carbocycles. The summed E-state index contributed by atoms with van der Waals surface area (Å²) in [5, 5.41) is 14.7. The van der Waals surface area contributed by atoms with Crippen LogP contribution >= 0.6 is 15.9 Å². The fourth-order valence-corrected chi connectivity index (χ4v) is 3.80. The van der Waals surface area contributed by atoms with Gasteiger partial charge in [0, 0.05) is 34.2 Å². The van der Waals surface area contributed by atoms with E-state index < -0.39 is 6.10 Å². The number of hydrogen-bond donors (Lipinski definition) is 2. The summed E-state index contributed by atoms with van der Waals surface area (Å²) in [5.41, 5.74) is 3.98. The molecule has 1 heterocycles. The van der Waals surface area contributed by atoms with Crippen molar-refractivity contribution in [1.82, 2.24) is 9.88 Å². The fraction of sp³-hybridized carbons (Fsp3) is 0.304. The molecule has 0 bridgehead atoms. The third-order valence-corrected chi connectivity index (χ3v) is 5.64. The number of carbonyl (C=O) groups is 1. The second kappa shape index (κ2) is 8.22. The van der Waals surface area contributed by atoms with Crippen LogP contribution in [0.15, 0.2) is 53.1 Å². The Balaban J connectivity index is 1.70. The van der Waals surface area contributed by atoms with Crippen LogP contribution in [0.4, 0.5) is 11.4 Å². The Kier molecular flexibility index (Phi) is 5.67. The summed E-state index contributed by atoms with van der Waals surface area (Å²) < 4.78 is 0.938. The molecule has 0 amide bonds. The van der Waals surface area contributed by atoms with Crippen molar-refractivity contribution in [2.45, 2.75) is 18.9 Å². The van der Waals surface area contributed by atoms with Crippen molar-refractivity contribution in [3.63, 3.8) is 0 Å². The molecule has 0 saturated heterocycles. The Hall–Kier alpha value is -2.28. The summed E-state index contributed by atoms with van der Waals surface area (Å²) >= 11 is 3.53. The van der Waals surface area contributed by atoms with Crippen molar-refractivity contribution < 1.29 is 9.90 Å². The number of fused-ring (bicyclic) bond motifs is 1. The van der Waals surface area contributed by atoms with Crippen LogP contribution in [0.1, 0.15) is 34.9 Å². The minimum absolute atomic E-state index is 0.116. The zero-order valence-corrected chi connectivity index (χ0v) is 18.1. The lowest BCUT2D eigenvalue weighted by Gasteiger charge is -2.17. The molecule has 1 atom stereocenters. The van der Waals surface area contributed by atoms with Gasteiger partial charge in [-0.15, -0.1) is 0 Å². The predicted octanol–water partition coefficient (Wildman–Crippen LogP) is 4.93. The number of nitrogens with zero attached hydrogens (tertiary/aromatic N) is 2. The van der Waals surface area contributed by atoms with Gasteiger partial charge in [-0.1, -0.05) is 28.1 Å². The number of nitrogens with one attached hydrogen (secondary N) is 1. The standard InChI is InChI=1S/C23H24BrN3O2/c1-27(2)13-21(28)14-5-8-17(9-6-14)26-22-18-11-16(24)7-10-20(18)25-12-19(22)23(29)15-3-4-15/h5-12,15,21,28H,3-4,13H2,1-2H3,(H,25,26). The number of anilines is 2. The highest BCUT2D eigenvalue weighted by molar-refractivity contribution is 9.10. The largest absolute Gasteiger partial charge is 0.387 e. The number of pyridine rings is 1. The van der Waals surface area contributed by atoms with Crippen molar-refractivity contribution in [1.29, 1.82) is 0 Å². The van der Waals surface area contributed by atoms with Crippen molar-refractivity contribution in [3.05, 3.63) is 64.3 Å². The molecule has 5 nitrogen and oxygen atoms in total. The van der Waals surface area contributed by atoms with Crippen LogP contribution in [0.5, 0.6) is 0 Å². The lowest BCUT2D eigenvalue weighted by molar-refractivity contribution is 0.0968. The highest BCUT2D eigenvalue weighted by atomic mass is 79.9. The lowest BCUT2D eigenvalue weighted by atomic mass is 10.0. The third kappa shape index (κ3) is 4.50. The van der Waals surface area contributed by atoms with E-state index in [2.05, 4.69) is 26.2 Å². The summed E-state index contributed by atoms with van der Waals surface area (Å²) in [7, 11) is 3.87. The molecular formula is C23H24BrN3O2. The molecule has 3 aromatic rings. The van der Waals surface area contributed by atoms with Gasteiger partial charge in [0.05, 0.1) is 22.9 Å². The number of rotatable bonds is 7. The van der Waals surface area contributed by atoms with Crippen molar-refractivity contribution in [2.75, 3.05) is 26.0 Å². The van der Waals surface area contributed by atoms with Gasteiger partial charge in [-0.05, 0) is 62.8 Å². The second-order valence-electron chi connectivity index (χ2n) is 7.87. The molecule has 150 valence electrons. The van der Waals surface area contributed by atoms with Crippen LogP contribution in [-0.4, -0.2) is 41.4 Å². The highest BCUT2D eigenvalue weighted by Crippen LogP contribution is 2.38. The zero-order valence-electron chi connectivity index (χ0n) is 16.5. The molecular weight excluding hydrogens is 430 g/mol. The average Bonchev–Trinajstić information content (AvgIpc) is 3.53.